The molecular weight excluding hydrogens is 453 g/mol. The van der Waals surface area contributed by atoms with E-state index in [9.17, 15) is 4.79 Å². The Bertz CT molecular complexity index is 1280. The van der Waals surface area contributed by atoms with Crippen LogP contribution in [0.15, 0.2) is 47.0 Å². The monoisotopic (exact) mass is 471 g/mol. The fourth-order valence-electron chi connectivity index (χ4n) is 3.03. The van der Waals surface area contributed by atoms with Crippen LogP contribution in [-0.2, 0) is 11.3 Å². The van der Waals surface area contributed by atoms with Crippen LogP contribution in [0.3, 0.4) is 0 Å². The van der Waals surface area contributed by atoms with Crippen LogP contribution in [0.2, 0.25) is 10.0 Å². The van der Waals surface area contributed by atoms with Crippen LogP contribution < -0.4 is 16.4 Å². The van der Waals surface area contributed by atoms with Gasteiger partial charge in [0.2, 0.25) is 11.7 Å². The molecule has 2 heterocycles. The number of nitrogens with two attached hydrogens (primary N) is 1. The van der Waals surface area contributed by atoms with Gasteiger partial charge >= 0.3 is 0 Å². The Kier molecular flexibility index (Phi) is 6.02. The van der Waals surface area contributed by atoms with Crippen LogP contribution in [-0.4, -0.2) is 32.9 Å². The Labute approximate surface area is 193 Å². The van der Waals surface area contributed by atoms with E-state index >= 15 is 0 Å². The van der Waals surface area contributed by atoms with Gasteiger partial charge in [-0.05, 0) is 48.9 Å². The third-order valence-corrected chi connectivity index (χ3v) is 5.38. The Morgan fingerprint density at radius 2 is 1.94 bits per heavy atom. The maximum atomic E-state index is 12.5. The fourth-order valence-corrected chi connectivity index (χ4v) is 3.34. The minimum absolute atomic E-state index is 0.121. The van der Waals surface area contributed by atoms with Crippen LogP contribution >= 0.6 is 23.2 Å². The molecular formula is C21H19Cl2N7O2. The predicted octanol–water partition coefficient (Wildman–Crippen LogP) is 4.48. The quantitative estimate of drug-likeness (QED) is 0.378. The SMILES string of the molecule is CNc1nn(CC(=O)Nc2ccc(C)c(Cl)c2)c(N)c1-c1nc(-c2ccc(Cl)cc2)no1. The van der Waals surface area contributed by atoms with E-state index < -0.39 is 0 Å². The third-order valence-electron chi connectivity index (χ3n) is 4.72. The Morgan fingerprint density at radius 1 is 1.19 bits per heavy atom. The number of amides is 1. The molecule has 164 valence electrons. The van der Waals surface area contributed by atoms with Gasteiger partial charge in [0.1, 0.15) is 17.9 Å². The molecule has 0 aliphatic rings. The Hall–Kier alpha value is -3.56. The summed E-state index contributed by atoms with van der Waals surface area (Å²) in [6.45, 7) is 1.76. The van der Waals surface area contributed by atoms with Gasteiger partial charge in [-0.25, -0.2) is 4.68 Å². The van der Waals surface area contributed by atoms with Crippen LogP contribution in [0, 0.1) is 6.92 Å². The van der Waals surface area contributed by atoms with Crippen molar-refractivity contribution in [3.63, 3.8) is 0 Å². The number of anilines is 3. The first-order valence-electron chi connectivity index (χ1n) is 9.55. The lowest BCUT2D eigenvalue weighted by Crippen LogP contribution is -2.20. The number of nitrogens with one attached hydrogen (secondary N) is 2. The normalized spacial score (nSPS) is 10.9. The number of hydrogen-bond donors (Lipinski definition) is 3. The van der Waals surface area contributed by atoms with Crippen molar-refractivity contribution >= 4 is 46.4 Å². The molecule has 0 aliphatic carbocycles. The van der Waals surface area contributed by atoms with Crippen LogP contribution in [0.5, 0.6) is 0 Å². The van der Waals surface area contributed by atoms with Crippen molar-refractivity contribution < 1.29 is 9.32 Å². The molecule has 32 heavy (non-hydrogen) atoms. The fraction of sp³-hybridized carbons (Fsp3) is 0.143. The predicted molar refractivity (Wildman–Crippen MR) is 125 cm³/mol. The van der Waals surface area contributed by atoms with Gasteiger partial charge in [0.15, 0.2) is 5.82 Å². The number of carbonyl (C=O) groups excluding carboxylic acids is 1. The number of hydrogen-bond acceptors (Lipinski definition) is 7. The molecule has 0 unspecified atom stereocenters. The maximum absolute atomic E-state index is 12.5. The molecule has 4 N–H and O–H groups in total. The number of aromatic nitrogens is 4. The number of aryl methyl sites for hydroxylation is 1. The van der Waals surface area contributed by atoms with Gasteiger partial charge in [-0.2, -0.15) is 10.1 Å². The van der Waals surface area contributed by atoms with Gasteiger partial charge in [-0.3, -0.25) is 4.79 Å². The molecule has 0 fully saturated rings. The van der Waals surface area contributed by atoms with E-state index in [1.807, 2.05) is 13.0 Å². The summed E-state index contributed by atoms with van der Waals surface area (Å²) in [5.74, 6) is 0.840. The van der Waals surface area contributed by atoms with Crippen molar-refractivity contribution in [2.45, 2.75) is 13.5 Å². The van der Waals surface area contributed by atoms with Gasteiger partial charge < -0.3 is 20.9 Å². The number of benzene rings is 2. The second kappa shape index (κ2) is 8.89. The summed E-state index contributed by atoms with van der Waals surface area (Å²) in [4.78, 5) is 17.0. The van der Waals surface area contributed by atoms with Gasteiger partial charge in [0.05, 0.1) is 0 Å². The molecule has 9 nitrogen and oxygen atoms in total. The van der Waals surface area contributed by atoms with Crippen molar-refractivity contribution in [2.24, 2.45) is 0 Å². The summed E-state index contributed by atoms with van der Waals surface area (Å²) in [7, 11) is 1.68. The third kappa shape index (κ3) is 4.39. The molecule has 2 aromatic carbocycles. The van der Waals surface area contributed by atoms with Gasteiger partial charge in [0, 0.05) is 28.3 Å². The molecule has 0 spiro atoms. The Morgan fingerprint density at radius 3 is 2.62 bits per heavy atom. The van der Waals surface area contributed by atoms with E-state index in [1.54, 1.807) is 43.4 Å². The van der Waals surface area contributed by atoms with E-state index in [4.69, 9.17) is 33.5 Å². The summed E-state index contributed by atoms with van der Waals surface area (Å²) in [5, 5.41) is 15.3. The topological polar surface area (TPSA) is 124 Å². The second-order valence-corrected chi connectivity index (χ2v) is 7.80. The largest absolute Gasteiger partial charge is 0.383 e. The molecule has 11 heteroatoms. The highest BCUT2D eigenvalue weighted by molar-refractivity contribution is 6.31. The maximum Gasteiger partial charge on any atom is 0.265 e. The molecule has 4 aromatic rings. The lowest BCUT2D eigenvalue weighted by atomic mass is 10.2. The summed E-state index contributed by atoms with van der Waals surface area (Å²) in [6.07, 6.45) is 0. The molecule has 0 aliphatic heterocycles. The van der Waals surface area contributed by atoms with Crippen molar-refractivity contribution in [3.05, 3.63) is 58.1 Å². The average Bonchev–Trinajstić information content (AvgIpc) is 3.36. The molecule has 0 bridgehead atoms. The first kappa shape index (κ1) is 21.7. The van der Waals surface area contributed by atoms with Crippen LogP contribution in [0.4, 0.5) is 17.3 Å². The molecule has 0 saturated heterocycles. The molecule has 0 atom stereocenters. The summed E-state index contributed by atoms with van der Waals surface area (Å²) in [5.41, 5.74) is 8.92. The minimum atomic E-state index is -0.319. The zero-order valence-corrected chi connectivity index (χ0v) is 18.7. The highest BCUT2D eigenvalue weighted by Crippen LogP contribution is 2.33. The molecule has 2 aromatic heterocycles. The first-order chi connectivity index (χ1) is 15.4. The number of carbonyl (C=O) groups is 1. The van der Waals surface area contributed by atoms with E-state index in [2.05, 4.69) is 25.9 Å². The zero-order valence-electron chi connectivity index (χ0n) is 17.2. The summed E-state index contributed by atoms with van der Waals surface area (Å²) in [6, 6.07) is 12.3. The summed E-state index contributed by atoms with van der Waals surface area (Å²) >= 11 is 12.1. The average molecular weight is 472 g/mol. The second-order valence-electron chi connectivity index (χ2n) is 6.96. The van der Waals surface area contributed by atoms with E-state index in [0.717, 1.165) is 11.1 Å². The first-order valence-corrected chi connectivity index (χ1v) is 10.3. The smallest absolute Gasteiger partial charge is 0.265 e. The number of nitrogens with zero attached hydrogens (tertiary/aromatic N) is 4. The van der Waals surface area contributed by atoms with Crippen molar-refractivity contribution in [2.75, 3.05) is 23.4 Å². The number of halogens is 2. The van der Waals surface area contributed by atoms with Gasteiger partial charge in [-0.1, -0.05) is 34.4 Å². The molecule has 1 amide bonds. The van der Waals surface area contributed by atoms with E-state index in [1.165, 1.54) is 4.68 Å². The number of nitrogen functional groups attached to an aromatic ring is 1. The van der Waals surface area contributed by atoms with Gasteiger partial charge in [-0.15, -0.1) is 0 Å². The number of rotatable bonds is 6. The van der Waals surface area contributed by atoms with Crippen molar-refractivity contribution in [1.29, 1.82) is 0 Å². The van der Waals surface area contributed by atoms with Gasteiger partial charge in [0.25, 0.3) is 5.89 Å². The highest BCUT2D eigenvalue weighted by Gasteiger charge is 2.23. The van der Waals surface area contributed by atoms with Crippen LogP contribution in [0.25, 0.3) is 22.8 Å². The minimum Gasteiger partial charge on any atom is -0.383 e. The summed E-state index contributed by atoms with van der Waals surface area (Å²) < 4.78 is 6.77. The molecule has 0 saturated carbocycles. The molecule has 0 radical (unpaired) electrons. The zero-order chi connectivity index (χ0) is 22.8. The van der Waals surface area contributed by atoms with Crippen LogP contribution in [0.1, 0.15) is 5.56 Å². The van der Waals surface area contributed by atoms with E-state index in [0.29, 0.717) is 32.9 Å². The standard InChI is InChI=1S/C21H19Cl2N7O2/c1-11-3-8-14(9-15(11)23)26-16(31)10-30-18(24)17(20(25-2)28-30)21-27-19(29-32-21)12-4-6-13(22)7-5-12/h3-9H,10,24H2,1-2H3,(H,25,28)(H,26,31). The lowest BCUT2D eigenvalue weighted by Gasteiger charge is -2.08. The van der Waals surface area contributed by atoms with E-state index in [-0.39, 0.29) is 24.2 Å². The Balaban J connectivity index is 1.57. The van der Waals surface area contributed by atoms with Crippen molar-refractivity contribution in [3.8, 4) is 22.8 Å². The lowest BCUT2D eigenvalue weighted by molar-refractivity contribution is -0.116. The highest BCUT2D eigenvalue weighted by atomic mass is 35.5. The molecule has 4 rings (SSSR count). The van der Waals surface area contributed by atoms with Crippen molar-refractivity contribution in [1.82, 2.24) is 19.9 Å².